The van der Waals surface area contributed by atoms with Gasteiger partial charge >= 0.3 is 12.1 Å². The van der Waals surface area contributed by atoms with Gasteiger partial charge in [0.2, 0.25) is 0 Å². The highest BCUT2D eigenvalue weighted by atomic mass is 19.4. The fraction of sp³-hybridized carbons (Fsp3) is 0.562. The van der Waals surface area contributed by atoms with Crippen molar-refractivity contribution in [3.63, 3.8) is 0 Å². The number of ether oxygens (including phenoxy) is 2. The second-order valence-electron chi connectivity index (χ2n) is 5.62. The molecule has 1 aliphatic rings. The number of piperidine rings is 1. The van der Waals surface area contributed by atoms with Gasteiger partial charge in [-0.1, -0.05) is 0 Å². The Morgan fingerprint density at radius 1 is 1.33 bits per heavy atom. The zero-order valence-electron chi connectivity index (χ0n) is 13.4. The summed E-state index contributed by atoms with van der Waals surface area (Å²) in [5.74, 6) is -1.31. The Morgan fingerprint density at radius 2 is 2.00 bits per heavy atom. The predicted octanol–water partition coefficient (Wildman–Crippen LogP) is 2.99. The first kappa shape index (κ1) is 18.2. The van der Waals surface area contributed by atoms with Crippen molar-refractivity contribution in [3.8, 4) is 5.75 Å². The SMILES string of the molecule is CCOC(=O)COc1ccc(N2CCC(C(F)(F)F)CC2)c(N)c1. The molecule has 0 radical (unpaired) electrons. The summed E-state index contributed by atoms with van der Waals surface area (Å²) in [5.41, 5.74) is 7.06. The minimum absolute atomic E-state index is 0.0596. The second kappa shape index (κ2) is 7.63. The normalized spacial score (nSPS) is 16.1. The van der Waals surface area contributed by atoms with Crippen molar-refractivity contribution in [2.75, 3.05) is 36.9 Å². The van der Waals surface area contributed by atoms with Crippen LogP contribution in [0.3, 0.4) is 0 Å². The van der Waals surface area contributed by atoms with Crippen LogP contribution in [0.25, 0.3) is 0 Å². The van der Waals surface area contributed by atoms with E-state index >= 15 is 0 Å². The van der Waals surface area contributed by atoms with Crippen LogP contribution in [0.15, 0.2) is 18.2 Å². The number of alkyl halides is 3. The van der Waals surface area contributed by atoms with Crippen LogP contribution in [0.1, 0.15) is 19.8 Å². The third-order valence-electron chi connectivity index (χ3n) is 3.96. The maximum Gasteiger partial charge on any atom is 0.391 e. The molecule has 1 saturated heterocycles. The molecule has 2 N–H and O–H groups in total. The average Bonchev–Trinajstić information content (AvgIpc) is 2.53. The number of hydrogen-bond donors (Lipinski definition) is 1. The second-order valence-corrected chi connectivity index (χ2v) is 5.62. The van der Waals surface area contributed by atoms with Gasteiger partial charge in [0.05, 0.1) is 23.9 Å². The quantitative estimate of drug-likeness (QED) is 0.656. The molecule has 1 aliphatic heterocycles. The zero-order chi connectivity index (χ0) is 17.7. The first-order valence-electron chi connectivity index (χ1n) is 7.81. The van der Waals surface area contributed by atoms with Crippen molar-refractivity contribution >= 4 is 17.3 Å². The molecule has 0 bridgehead atoms. The Hall–Kier alpha value is -2.12. The molecule has 0 unspecified atom stereocenters. The Kier molecular flexibility index (Phi) is 5.80. The molecule has 2 rings (SSSR count). The summed E-state index contributed by atoms with van der Waals surface area (Å²) in [6.07, 6.45) is -4.02. The number of halogens is 3. The van der Waals surface area contributed by atoms with Crippen molar-refractivity contribution in [3.05, 3.63) is 18.2 Å². The van der Waals surface area contributed by atoms with E-state index < -0.39 is 18.1 Å². The summed E-state index contributed by atoms with van der Waals surface area (Å²) < 4.78 is 48.2. The van der Waals surface area contributed by atoms with Gasteiger partial charge in [-0.2, -0.15) is 13.2 Å². The standard InChI is InChI=1S/C16H21F3N2O3/c1-2-23-15(22)10-24-12-3-4-14(13(20)9-12)21-7-5-11(6-8-21)16(17,18)19/h3-4,9,11H,2,5-8,10,20H2,1H3. The van der Waals surface area contributed by atoms with Crippen LogP contribution in [0.2, 0.25) is 0 Å². The topological polar surface area (TPSA) is 64.8 Å². The summed E-state index contributed by atoms with van der Waals surface area (Å²) in [6, 6.07) is 4.90. The van der Waals surface area contributed by atoms with Gasteiger partial charge in [-0.05, 0) is 31.9 Å². The highest BCUT2D eigenvalue weighted by Crippen LogP contribution is 2.37. The first-order valence-corrected chi connectivity index (χ1v) is 7.81. The first-order chi connectivity index (χ1) is 11.3. The van der Waals surface area contributed by atoms with Gasteiger partial charge in [0, 0.05) is 19.2 Å². The molecule has 0 atom stereocenters. The lowest BCUT2D eigenvalue weighted by Crippen LogP contribution is -2.39. The van der Waals surface area contributed by atoms with Crippen LogP contribution in [-0.2, 0) is 9.53 Å². The maximum atomic E-state index is 12.7. The lowest BCUT2D eigenvalue weighted by atomic mass is 9.96. The number of carbonyl (C=O) groups excluding carboxylic acids is 1. The van der Waals surface area contributed by atoms with E-state index in [2.05, 4.69) is 0 Å². The Bertz CT molecular complexity index is 570. The van der Waals surface area contributed by atoms with E-state index in [4.69, 9.17) is 15.2 Å². The number of rotatable bonds is 5. The van der Waals surface area contributed by atoms with Crippen LogP contribution in [0.4, 0.5) is 24.5 Å². The van der Waals surface area contributed by atoms with Crippen molar-refractivity contribution in [2.45, 2.75) is 25.9 Å². The molecule has 8 heteroatoms. The van der Waals surface area contributed by atoms with Crippen LogP contribution in [-0.4, -0.2) is 38.4 Å². The minimum Gasteiger partial charge on any atom is -0.482 e. The monoisotopic (exact) mass is 346 g/mol. The van der Waals surface area contributed by atoms with Gasteiger partial charge in [0.15, 0.2) is 6.61 Å². The molecule has 134 valence electrons. The number of carbonyl (C=O) groups is 1. The number of hydrogen-bond acceptors (Lipinski definition) is 5. The summed E-state index contributed by atoms with van der Waals surface area (Å²) in [7, 11) is 0. The third-order valence-corrected chi connectivity index (χ3v) is 3.96. The Morgan fingerprint density at radius 3 is 2.54 bits per heavy atom. The predicted molar refractivity (Wildman–Crippen MR) is 84.0 cm³/mol. The van der Waals surface area contributed by atoms with Gasteiger partial charge in [-0.3, -0.25) is 0 Å². The summed E-state index contributed by atoms with van der Waals surface area (Å²) in [4.78, 5) is 13.1. The molecule has 1 heterocycles. The Labute approximate surface area is 138 Å². The summed E-state index contributed by atoms with van der Waals surface area (Å²) >= 11 is 0. The third kappa shape index (κ3) is 4.69. The molecule has 1 aromatic carbocycles. The number of nitrogens with zero attached hydrogens (tertiary/aromatic N) is 1. The largest absolute Gasteiger partial charge is 0.482 e. The molecular formula is C16H21F3N2O3. The number of esters is 1. The minimum atomic E-state index is -4.14. The summed E-state index contributed by atoms with van der Waals surface area (Å²) in [5, 5.41) is 0. The lowest BCUT2D eigenvalue weighted by molar-refractivity contribution is -0.179. The summed E-state index contributed by atoms with van der Waals surface area (Å²) in [6.45, 7) is 2.36. The molecule has 0 spiro atoms. The zero-order valence-corrected chi connectivity index (χ0v) is 13.4. The van der Waals surface area contributed by atoms with Crippen molar-refractivity contribution in [2.24, 2.45) is 5.92 Å². The van der Waals surface area contributed by atoms with Crippen LogP contribution < -0.4 is 15.4 Å². The highest BCUT2D eigenvalue weighted by Gasteiger charge is 2.41. The molecule has 0 aromatic heterocycles. The average molecular weight is 346 g/mol. The van der Waals surface area contributed by atoms with E-state index in [1.54, 1.807) is 25.1 Å². The van der Waals surface area contributed by atoms with E-state index in [1.165, 1.54) is 0 Å². The van der Waals surface area contributed by atoms with Crippen molar-refractivity contribution < 1.29 is 27.4 Å². The van der Waals surface area contributed by atoms with Crippen molar-refractivity contribution in [1.29, 1.82) is 0 Å². The van der Waals surface area contributed by atoms with Crippen LogP contribution in [0.5, 0.6) is 5.75 Å². The van der Waals surface area contributed by atoms with E-state index in [-0.39, 0.29) is 26.1 Å². The van der Waals surface area contributed by atoms with E-state index in [1.807, 2.05) is 4.90 Å². The highest BCUT2D eigenvalue weighted by molar-refractivity contribution is 5.72. The van der Waals surface area contributed by atoms with E-state index in [9.17, 15) is 18.0 Å². The van der Waals surface area contributed by atoms with E-state index in [0.29, 0.717) is 30.2 Å². The number of benzene rings is 1. The van der Waals surface area contributed by atoms with Gasteiger partial charge in [0.1, 0.15) is 5.75 Å². The molecule has 1 fully saturated rings. The maximum absolute atomic E-state index is 12.7. The fourth-order valence-corrected chi connectivity index (χ4v) is 2.70. The molecule has 1 aromatic rings. The Balaban J connectivity index is 1.94. The molecular weight excluding hydrogens is 325 g/mol. The molecule has 24 heavy (non-hydrogen) atoms. The lowest BCUT2D eigenvalue weighted by Gasteiger charge is -2.35. The fourth-order valence-electron chi connectivity index (χ4n) is 2.70. The number of nitrogen functional groups attached to an aromatic ring is 1. The molecule has 0 saturated carbocycles. The van der Waals surface area contributed by atoms with Crippen LogP contribution >= 0.6 is 0 Å². The van der Waals surface area contributed by atoms with Gasteiger partial charge in [-0.25, -0.2) is 4.79 Å². The molecule has 0 aliphatic carbocycles. The van der Waals surface area contributed by atoms with Gasteiger partial charge < -0.3 is 20.1 Å². The van der Waals surface area contributed by atoms with Crippen LogP contribution in [0, 0.1) is 5.92 Å². The number of anilines is 2. The van der Waals surface area contributed by atoms with Gasteiger partial charge in [-0.15, -0.1) is 0 Å². The number of nitrogens with two attached hydrogens (primary N) is 1. The van der Waals surface area contributed by atoms with Crippen molar-refractivity contribution in [1.82, 2.24) is 0 Å². The van der Waals surface area contributed by atoms with E-state index in [0.717, 1.165) is 0 Å². The smallest absolute Gasteiger partial charge is 0.391 e. The van der Waals surface area contributed by atoms with Gasteiger partial charge in [0.25, 0.3) is 0 Å². The molecule has 5 nitrogen and oxygen atoms in total. The molecule has 0 amide bonds.